The lowest BCUT2D eigenvalue weighted by molar-refractivity contribution is 0.0720. The molecule has 0 aliphatic rings. The average molecular weight is 455 g/mol. The van der Waals surface area contributed by atoms with Crippen LogP contribution in [0.15, 0.2) is 71.3 Å². The number of aryl methyl sites for hydroxylation is 1. The van der Waals surface area contributed by atoms with E-state index < -0.39 is 0 Å². The molecule has 1 heterocycles. The molecule has 0 N–H and O–H groups in total. The fourth-order valence-electron chi connectivity index (χ4n) is 3.26. The van der Waals surface area contributed by atoms with E-state index in [1.165, 1.54) is 5.56 Å². The molecule has 2 aromatic carbocycles. The molecule has 3 rings (SSSR count). The molecule has 0 bridgehead atoms. The highest BCUT2D eigenvalue weighted by molar-refractivity contribution is 9.10. The van der Waals surface area contributed by atoms with Gasteiger partial charge in [0.15, 0.2) is 0 Å². The van der Waals surface area contributed by atoms with E-state index in [1.54, 1.807) is 7.11 Å². The van der Waals surface area contributed by atoms with Crippen molar-refractivity contribution in [2.75, 3.05) is 20.3 Å². The number of rotatable bonds is 9. The summed E-state index contributed by atoms with van der Waals surface area (Å²) in [5, 5.41) is 0. The molecule has 0 unspecified atom stereocenters. The topological polar surface area (TPSA) is 34.5 Å². The number of nitrogens with zero attached hydrogens (tertiary/aromatic N) is 2. The zero-order chi connectivity index (χ0) is 20.6. The predicted molar refractivity (Wildman–Crippen MR) is 120 cm³/mol. The Kier molecular flexibility index (Phi) is 7.67. The number of hydrogen-bond donors (Lipinski definition) is 0. The van der Waals surface area contributed by atoms with E-state index >= 15 is 0 Å². The van der Waals surface area contributed by atoms with Crippen molar-refractivity contribution in [2.24, 2.45) is 0 Å². The van der Waals surface area contributed by atoms with Crippen LogP contribution >= 0.6 is 15.9 Å². The molecule has 152 valence electrons. The Bertz CT molecular complexity index is 917. The molecular weight excluding hydrogens is 428 g/mol. The third-order valence-corrected chi connectivity index (χ3v) is 5.43. The summed E-state index contributed by atoms with van der Waals surface area (Å²) in [4.78, 5) is 15.1. The van der Waals surface area contributed by atoms with Crippen molar-refractivity contribution < 1.29 is 9.53 Å². The third kappa shape index (κ3) is 6.05. The van der Waals surface area contributed by atoms with Crippen LogP contribution in [0.3, 0.4) is 0 Å². The van der Waals surface area contributed by atoms with Crippen LogP contribution in [0.4, 0.5) is 0 Å². The molecule has 0 fully saturated rings. The SMILES string of the molecule is COCCCN(Cc1cccn1Cc1ccc(Br)cc1)C(=O)c1ccc(C)cc1. The lowest BCUT2D eigenvalue weighted by atomic mass is 10.1. The standard InChI is InChI=1S/C24H27BrN2O2/c1-19-6-10-21(11-7-19)24(28)27(15-4-16-29-2)18-23-5-3-14-26(23)17-20-8-12-22(25)13-9-20/h3,5-14H,4,15-18H2,1-2H3. The first kappa shape index (κ1) is 21.3. The molecular formula is C24H27BrN2O2. The highest BCUT2D eigenvalue weighted by atomic mass is 79.9. The Morgan fingerprint density at radius 1 is 1.07 bits per heavy atom. The minimum absolute atomic E-state index is 0.0532. The number of carbonyl (C=O) groups is 1. The maximum absolute atomic E-state index is 13.2. The van der Waals surface area contributed by atoms with E-state index in [1.807, 2.05) is 42.2 Å². The molecule has 0 saturated carbocycles. The van der Waals surface area contributed by atoms with Crippen molar-refractivity contribution in [3.05, 3.63) is 93.7 Å². The number of halogens is 1. The number of amides is 1. The maximum Gasteiger partial charge on any atom is 0.254 e. The first-order valence-corrected chi connectivity index (χ1v) is 10.6. The van der Waals surface area contributed by atoms with E-state index in [4.69, 9.17) is 4.74 Å². The van der Waals surface area contributed by atoms with Crippen LogP contribution in [0.2, 0.25) is 0 Å². The zero-order valence-electron chi connectivity index (χ0n) is 17.0. The second-order valence-corrected chi connectivity index (χ2v) is 8.11. The maximum atomic E-state index is 13.2. The Balaban J connectivity index is 1.77. The second-order valence-electron chi connectivity index (χ2n) is 7.19. The van der Waals surface area contributed by atoms with Gasteiger partial charge in [-0.05, 0) is 55.3 Å². The fraction of sp³-hybridized carbons (Fsp3) is 0.292. The van der Waals surface area contributed by atoms with E-state index in [0.717, 1.165) is 34.3 Å². The Morgan fingerprint density at radius 3 is 2.48 bits per heavy atom. The summed E-state index contributed by atoms with van der Waals surface area (Å²) in [6, 6.07) is 20.2. The molecule has 1 aromatic heterocycles. The molecule has 0 radical (unpaired) electrons. The van der Waals surface area contributed by atoms with Gasteiger partial charge in [0.2, 0.25) is 0 Å². The smallest absolute Gasteiger partial charge is 0.254 e. The van der Waals surface area contributed by atoms with Gasteiger partial charge in [0, 0.05) is 48.7 Å². The van der Waals surface area contributed by atoms with Crippen LogP contribution in [0.1, 0.15) is 33.6 Å². The van der Waals surface area contributed by atoms with Crippen molar-refractivity contribution in [1.29, 1.82) is 0 Å². The Labute approximate surface area is 181 Å². The second kappa shape index (κ2) is 10.4. The van der Waals surface area contributed by atoms with Crippen LogP contribution in [-0.2, 0) is 17.8 Å². The number of carbonyl (C=O) groups excluding carboxylic acids is 1. The minimum Gasteiger partial charge on any atom is -0.385 e. The normalized spacial score (nSPS) is 10.9. The summed E-state index contributed by atoms with van der Waals surface area (Å²) < 4.78 is 8.47. The quantitative estimate of drug-likeness (QED) is 0.411. The van der Waals surface area contributed by atoms with Gasteiger partial charge in [-0.2, -0.15) is 0 Å². The lowest BCUT2D eigenvalue weighted by Gasteiger charge is -2.24. The monoisotopic (exact) mass is 454 g/mol. The van der Waals surface area contributed by atoms with Crippen molar-refractivity contribution in [1.82, 2.24) is 9.47 Å². The molecule has 0 aliphatic carbocycles. The van der Waals surface area contributed by atoms with Crippen LogP contribution in [-0.4, -0.2) is 35.6 Å². The van der Waals surface area contributed by atoms with E-state index in [9.17, 15) is 4.79 Å². The molecule has 5 heteroatoms. The van der Waals surface area contributed by atoms with Gasteiger partial charge < -0.3 is 14.2 Å². The number of benzene rings is 2. The third-order valence-electron chi connectivity index (χ3n) is 4.90. The molecule has 3 aromatic rings. The molecule has 29 heavy (non-hydrogen) atoms. The number of ether oxygens (including phenoxy) is 1. The van der Waals surface area contributed by atoms with Gasteiger partial charge in [0.1, 0.15) is 0 Å². The largest absolute Gasteiger partial charge is 0.385 e. The van der Waals surface area contributed by atoms with Crippen LogP contribution < -0.4 is 0 Å². The molecule has 0 spiro atoms. The lowest BCUT2D eigenvalue weighted by Crippen LogP contribution is -2.33. The van der Waals surface area contributed by atoms with Crippen LogP contribution in [0.5, 0.6) is 0 Å². The zero-order valence-corrected chi connectivity index (χ0v) is 18.6. The van der Waals surface area contributed by atoms with E-state index in [-0.39, 0.29) is 5.91 Å². The Hall–Kier alpha value is -2.37. The van der Waals surface area contributed by atoms with E-state index in [0.29, 0.717) is 19.7 Å². The van der Waals surface area contributed by atoms with Crippen LogP contribution in [0, 0.1) is 6.92 Å². The number of aromatic nitrogens is 1. The van der Waals surface area contributed by atoms with Gasteiger partial charge in [0.25, 0.3) is 5.91 Å². The molecule has 0 saturated heterocycles. The van der Waals surface area contributed by atoms with E-state index in [2.05, 4.69) is 57.0 Å². The van der Waals surface area contributed by atoms with Gasteiger partial charge in [0.05, 0.1) is 6.54 Å². The van der Waals surface area contributed by atoms with Gasteiger partial charge in [-0.15, -0.1) is 0 Å². The fourth-order valence-corrected chi connectivity index (χ4v) is 3.52. The molecule has 4 nitrogen and oxygen atoms in total. The summed E-state index contributed by atoms with van der Waals surface area (Å²) >= 11 is 3.48. The van der Waals surface area contributed by atoms with Gasteiger partial charge >= 0.3 is 0 Å². The van der Waals surface area contributed by atoms with Crippen LogP contribution in [0.25, 0.3) is 0 Å². The average Bonchev–Trinajstić information content (AvgIpc) is 3.16. The van der Waals surface area contributed by atoms with Crippen molar-refractivity contribution in [3.8, 4) is 0 Å². The van der Waals surface area contributed by atoms with Gasteiger partial charge in [-0.25, -0.2) is 0 Å². The first-order valence-electron chi connectivity index (χ1n) is 9.80. The molecule has 1 amide bonds. The molecule has 0 atom stereocenters. The number of hydrogen-bond acceptors (Lipinski definition) is 2. The van der Waals surface area contributed by atoms with Crippen molar-refractivity contribution in [3.63, 3.8) is 0 Å². The Morgan fingerprint density at radius 2 is 1.79 bits per heavy atom. The van der Waals surface area contributed by atoms with Crippen molar-refractivity contribution in [2.45, 2.75) is 26.4 Å². The molecule has 0 aliphatic heterocycles. The summed E-state index contributed by atoms with van der Waals surface area (Å²) in [5.41, 5.74) is 4.21. The predicted octanol–water partition coefficient (Wildman–Crippen LogP) is 5.29. The highest BCUT2D eigenvalue weighted by Crippen LogP contribution is 2.16. The summed E-state index contributed by atoms with van der Waals surface area (Å²) in [5.74, 6) is 0.0532. The van der Waals surface area contributed by atoms with Gasteiger partial charge in [-0.3, -0.25) is 4.79 Å². The first-order chi connectivity index (χ1) is 14.1. The highest BCUT2D eigenvalue weighted by Gasteiger charge is 2.17. The van der Waals surface area contributed by atoms with Crippen molar-refractivity contribution >= 4 is 21.8 Å². The van der Waals surface area contributed by atoms with Gasteiger partial charge in [-0.1, -0.05) is 45.8 Å². The number of methoxy groups -OCH3 is 1. The summed E-state index contributed by atoms with van der Waals surface area (Å²) in [7, 11) is 1.69. The summed E-state index contributed by atoms with van der Waals surface area (Å²) in [6.45, 7) is 4.67. The minimum atomic E-state index is 0.0532. The summed E-state index contributed by atoms with van der Waals surface area (Å²) in [6.07, 6.45) is 2.88.